The van der Waals surface area contributed by atoms with Gasteiger partial charge in [-0.15, -0.1) is 0 Å². The molecule has 1 aliphatic rings. The fourth-order valence-corrected chi connectivity index (χ4v) is 7.83. The first-order chi connectivity index (χ1) is 45.3. The molecule has 62 heavy (non-hydrogen) atoms. The van der Waals surface area contributed by atoms with E-state index >= 15 is 0 Å². The maximum absolute atomic E-state index is 11.0. The van der Waals surface area contributed by atoms with E-state index in [-0.39, 0.29) is 16.2 Å². The molecule has 0 saturated heterocycles. The monoisotopic (exact) mass is 825 g/mol. The molecule has 0 fully saturated rings. The third-order valence-electron chi connectivity index (χ3n) is 10.6. The highest BCUT2D eigenvalue weighted by Gasteiger charge is 2.36. The van der Waals surface area contributed by atoms with Crippen molar-refractivity contribution < 1.29 is 48.0 Å². The van der Waals surface area contributed by atoms with Gasteiger partial charge in [-0.2, -0.15) is 0 Å². The van der Waals surface area contributed by atoms with Gasteiger partial charge in [-0.3, -0.25) is 0 Å². The van der Waals surface area contributed by atoms with Crippen molar-refractivity contribution in [2.75, 3.05) is 4.90 Å². The Kier molecular flexibility index (Phi) is 3.50. The Labute approximate surface area is 412 Å². The highest BCUT2D eigenvalue weighted by atomic mass is 15.1. The van der Waals surface area contributed by atoms with Gasteiger partial charge < -0.3 is 4.90 Å². The summed E-state index contributed by atoms with van der Waals surface area (Å²) in [5, 5.41) is -3.41. The van der Waals surface area contributed by atoms with Crippen molar-refractivity contribution in [3.63, 3.8) is 0 Å². The van der Waals surface area contributed by atoms with E-state index in [0.29, 0.717) is 4.90 Å². The highest BCUT2D eigenvalue weighted by Crippen LogP contribution is 2.53. The van der Waals surface area contributed by atoms with Gasteiger partial charge in [0.2, 0.25) is 0 Å². The summed E-state index contributed by atoms with van der Waals surface area (Å²) in [5.41, 5.74) is -15.9. The van der Waals surface area contributed by atoms with Crippen LogP contribution in [0.4, 0.5) is 17.1 Å². The van der Waals surface area contributed by atoms with Crippen LogP contribution in [0.1, 0.15) is 72.9 Å². The molecule has 292 valence electrons. The van der Waals surface area contributed by atoms with Gasteiger partial charge in [-0.25, -0.2) is 0 Å². The zero-order chi connectivity index (χ0) is 71.5. The number of benzene rings is 11. The lowest BCUT2D eigenvalue weighted by Crippen LogP contribution is -2.17. The van der Waals surface area contributed by atoms with Gasteiger partial charge in [-0.1, -0.05) is 201 Å². The Morgan fingerprint density at radius 1 is 0.371 bits per heavy atom. The van der Waals surface area contributed by atoms with Gasteiger partial charge in [0.15, 0.2) is 0 Å². The molecule has 0 saturated carbocycles. The van der Waals surface area contributed by atoms with Crippen LogP contribution in [0.5, 0.6) is 0 Å². The molecule has 0 radical (unpaired) electrons. The molecule has 0 unspecified atom stereocenters. The van der Waals surface area contributed by atoms with E-state index in [1.54, 1.807) is 0 Å². The molecule has 1 nitrogen and oxygen atoms in total. The second-order valence-electron chi connectivity index (χ2n) is 14.0. The van der Waals surface area contributed by atoms with E-state index in [2.05, 4.69) is 0 Å². The lowest BCUT2D eigenvalue weighted by molar-refractivity contribution is 0.660. The fourth-order valence-electron chi connectivity index (χ4n) is 7.83. The van der Waals surface area contributed by atoms with Gasteiger partial charge in [0.05, 0.1) is 48.2 Å². The summed E-state index contributed by atoms with van der Waals surface area (Å²) in [6.07, 6.45) is 0. The molecule has 0 atom stereocenters. The van der Waals surface area contributed by atoms with Crippen molar-refractivity contribution in [2.24, 2.45) is 0 Å². The summed E-state index contributed by atoms with van der Waals surface area (Å²) in [6, 6.07) is -25.1. The molecule has 1 aliphatic carbocycles. The first kappa shape index (κ1) is 15.3. The first-order valence-corrected chi connectivity index (χ1v) is 18.7. The van der Waals surface area contributed by atoms with Crippen molar-refractivity contribution in [3.05, 3.63) is 235 Å². The average Bonchev–Trinajstić information content (AvgIpc) is 1.64. The van der Waals surface area contributed by atoms with E-state index < -0.39 is 306 Å². The summed E-state index contributed by atoms with van der Waals surface area (Å²) < 4.78 is 329. The molecule has 0 N–H and O–H groups in total. The van der Waals surface area contributed by atoms with Crippen LogP contribution in [0, 0.1) is 0 Å². The second kappa shape index (κ2) is 14.2. The number of hydrogen-bond acceptors (Lipinski definition) is 1. The molecule has 0 aliphatic heterocycles. The van der Waals surface area contributed by atoms with Crippen LogP contribution >= 0.6 is 0 Å². The van der Waals surface area contributed by atoms with Crippen LogP contribution in [0.15, 0.2) is 224 Å². The molecular weight excluding hydrogens is 747 g/mol. The van der Waals surface area contributed by atoms with E-state index in [1.165, 1.54) is 18.2 Å². The third kappa shape index (κ3) is 5.62. The first-order valence-electron chi connectivity index (χ1n) is 36.5. The van der Waals surface area contributed by atoms with Crippen LogP contribution in [0.25, 0.3) is 87.6 Å². The average molecular weight is 825 g/mol. The molecule has 0 aromatic heterocycles. The third-order valence-corrected chi connectivity index (χ3v) is 10.6. The van der Waals surface area contributed by atoms with Gasteiger partial charge in [0, 0.05) is 27.8 Å². The highest BCUT2D eigenvalue weighted by molar-refractivity contribution is 6.27. The minimum atomic E-state index is -3.13. The lowest BCUT2D eigenvalue weighted by Gasteiger charge is -2.31. The SMILES string of the molecule is [2H]c1cc(-c2c([2H])c([2H])c([2H])c([2H])c2[2H])c(-c2c(N(c3c([2H])c([2H])c(-c4c([2H])c([2H])c([2H])c5c([2H])cc([2H])c([2H])c45)c([2H])c3[2H])c3c([2H])c([2H])c4c(c3[2H])C(C([2H])[2H])(C([2H])[2H])c3c([2H])c([2H])c([2H])c([2H])c3-4)c([2H])c3c4c([2H])c([2H])c([2H])cc4c4cccc([2H])c4c3c2[2H])c([2H])c1[2H]. The van der Waals surface area contributed by atoms with Gasteiger partial charge in [0.1, 0.15) is 0 Å². The van der Waals surface area contributed by atoms with Crippen LogP contribution in [0.3, 0.4) is 0 Å². The van der Waals surface area contributed by atoms with Gasteiger partial charge in [-0.05, 0) is 129 Å². The molecule has 1 heteroatoms. The molecular formula is C61H43N. The van der Waals surface area contributed by atoms with E-state index in [1.807, 2.05) is 0 Å². The standard InChI is InChI=1S/C61H43N/c1-61(2)58-30-15-14-28-53(58)54-36-35-44(37-59(54)61)62(43-33-31-42(32-34-43)46-29-16-20-41-19-6-7-21-45(41)46)60-39-56-52-27-13-11-25-50(52)49-24-10-12-26-51(49)55(56)38-57(60)48-23-9-8-22-47(48)40-17-4-3-5-18-40/h3-39H,1-2H3/i1D2,2D2,3D,4D,5D,7D,8D,9D,11D,13D,14D,15D,16D,17D,18D,19D,20D,21D,23D,26D,27D,28D,29D,30D,31D,32D,33D,34D,35D,36D,37D,38D,39D. The second-order valence-corrected chi connectivity index (χ2v) is 14.0. The predicted octanol–water partition coefficient (Wildman–Crippen LogP) is 17.1. The Balaban J connectivity index is 1.44. The van der Waals surface area contributed by atoms with Crippen LogP contribution in [-0.4, -0.2) is 0 Å². The van der Waals surface area contributed by atoms with E-state index in [0.717, 1.165) is 18.2 Å². The van der Waals surface area contributed by atoms with Crippen LogP contribution < -0.4 is 4.90 Å². The van der Waals surface area contributed by atoms with E-state index in [9.17, 15) is 30.2 Å². The minimum absolute atomic E-state index is 0.0260. The smallest absolute Gasteiger partial charge is 0.0652 e. The quantitative estimate of drug-likeness (QED) is 0.151. The Hall–Kier alpha value is -7.74. The fraction of sp³-hybridized carbons (Fsp3) is 0.0492. The number of anilines is 3. The molecule has 0 heterocycles. The van der Waals surface area contributed by atoms with Crippen LogP contribution in [0.2, 0.25) is 0 Å². The Morgan fingerprint density at radius 3 is 1.97 bits per heavy atom. The zero-order valence-corrected chi connectivity index (χ0v) is 31.6. The molecule has 0 amide bonds. The number of fused-ring (bicyclic) bond motifs is 10. The van der Waals surface area contributed by atoms with Crippen molar-refractivity contribution in [1.82, 2.24) is 0 Å². The number of nitrogens with zero attached hydrogens (tertiary/aromatic N) is 1. The summed E-state index contributed by atoms with van der Waals surface area (Å²) in [4.78, 5) is 0.343. The van der Waals surface area contributed by atoms with Crippen molar-refractivity contribution in [2.45, 2.75) is 19.2 Å². The summed E-state index contributed by atoms with van der Waals surface area (Å²) in [6.45, 7) is -5.40. The van der Waals surface area contributed by atoms with E-state index in [4.69, 9.17) is 17.8 Å². The normalized spacial score (nSPS) is 20.8. The summed E-state index contributed by atoms with van der Waals surface area (Å²) >= 11 is 0. The predicted molar refractivity (Wildman–Crippen MR) is 265 cm³/mol. The molecule has 11 aromatic carbocycles. The van der Waals surface area contributed by atoms with Gasteiger partial charge in [0.25, 0.3) is 0 Å². The van der Waals surface area contributed by atoms with Crippen molar-refractivity contribution in [1.29, 1.82) is 0 Å². The van der Waals surface area contributed by atoms with Gasteiger partial charge >= 0.3 is 0 Å². The molecule has 0 bridgehead atoms. The summed E-state index contributed by atoms with van der Waals surface area (Å²) in [7, 11) is 0. The Morgan fingerprint density at radius 2 is 1.06 bits per heavy atom. The zero-order valence-electron chi connectivity index (χ0n) is 66.6. The molecule has 11 aromatic rings. The maximum Gasteiger partial charge on any atom is 0.0652 e. The molecule has 0 spiro atoms. The van der Waals surface area contributed by atoms with Crippen LogP contribution in [-0.2, 0) is 5.41 Å². The lowest BCUT2D eigenvalue weighted by atomic mass is 9.82. The van der Waals surface area contributed by atoms with Crippen molar-refractivity contribution in [3.8, 4) is 44.5 Å². The van der Waals surface area contributed by atoms with Crippen molar-refractivity contribution >= 4 is 60.2 Å². The largest absolute Gasteiger partial charge is 0.310 e. The maximum atomic E-state index is 11.0. The number of hydrogen-bond donors (Lipinski definition) is 0. The molecule has 12 rings (SSSR count). The topological polar surface area (TPSA) is 3.24 Å². The Bertz CT molecular complexity index is 5440. The number of rotatable bonds is 6. The summed E-state index contributed by atoms with van der Waals surface area (Å²) in [5.74, 6) is 0. The minimum Gasteiger partial charge on any atom is -0.310 e.